The summed E-state index contributed by atoms with van der Waals surface area (Å²) in [6.07, 6.45) is 3.99. The third-order valence-electron chi connectivity index (χ3n) is 5.88. The Hall–Kier alpha value is -3.86. The molecule has 2 aromatic rings. The number of benzene rings is 1. The Morgan fingerprint density at radius 1 is 1.20 bits per heavy atom. The van der Waals surface area contributed by atoms with E-state index in [0.717, 1.165) is 24.4 Å². The molecule has 0 unspecified atom stereocenters. The van der Waals surface area contributed by atoms with E-state index in [1.807, 2.05) is 0 Å². The van der Waals surface area contributed by atoms with Crippen LogP contribution in [0.4, 0.5) is 14.6 Å². The van der Waals surface area contributed by atoms with Gasteiger partial charge in [-0.15, -0.1) is 0 Å². The van der Waals surface area contributed by atoms with Crippen molar-refractivity contribution in [3.8, 4) is 5.75 Å². The number of para-hydroxylation sites is 1. The van der Waals surface area contributed by atoms with Gasteiger partial charge in [-0.05, 0) is 49.4 Å². The number of anilines is 1. The van der Waals surface area contributed by atoms with E-state index in [1.165, 1.54) is 23.1 Å². The molecule has 0 aliphatic carbocycles. The van der Waals surface area contributed by atoms with Gasteiger partial charge in [0.05, 0.1) is 12.1 Å². The number of aromatic carboxylic acids is 1. The molecule has 1 saturated heterocycles. The van der Waals surface area contributed by atoms with Crippen molar-refractivity contribution < 1.29 is 37.7 Å². The van der Waals surface area contributed by atoms with Gasteiger partial charge in [-0.25, -0.2) is 18.6 Å². The summed E-state index contributed by atoms with van der Waals surface area (Å²) in [5.41, 5.74) is -0.0390. The van der Waals surface area contributed by atoms with Gasteiger partial charge < -0.3 is 24.8 Å². The number of hydrogen-bond donors (Lipinski definition) is 2. The molecular weight excluding hydrogens is 464 g/mol. The van der Waals surface area contributed by atoms with E-state index in [1.54, 1.807) is 0 Å². The predicted molar refractivity (Wildman–Crippen MR) is 119 cm³/mol. The largest absolute Gasteiger partial charge is 0.478 e. The number of carbonyl (C=O) groups excluding carboxylic acids is 2. The Morgan fingerprint density at radius 2 is 1.91 bits per heavy atom. The molecular formula is C24H23F2N3O6. The number of pyridine rings is 1. The fourth-order valence-electron chi connectivity index (χ4n) is 4.03. The number of nitrogens with zero attached hydrogens (tertiary/aromatic N) is 2. The van der Waals surface area contributed by atoms with Crippen molar-refractivity contribution in [1.82, 2.24) is 9.88 Å². The second-order valence-corrected chi connectivity index (χ2v) is 8.26. The maximum Gasteiger partial charge on any atom is 0.337 e. The molecule has 0 radical (unpaired) electrons. The van der Waals surface area contributed by atoms with Gasteiger partial charge in [0.25, 0.3) is 5.91 Å². The molecule has 4 rings (SSSR count). The zero-order valence-corrected chi connectivity index (χ0v) is 18.6. The highest BCUT2D eigenvalue weighted by Crippen LogP contribution is 2.29. The Bertz CT molecular complexity index is 1130. The third-order valence-corrected chi connectivity index (χ3v) is 5.88. The maximum absolute atomic E-state index is 14.0. The summed E-state index contributed by atoms with van der Waals surface area (Å²) in [4.78, 5) is 42.3. The molecule has 0 saturated carbocycles. The molecule has 184 valence electrons. The number of halogens is 2. The molecule has 2 aliphatic heterocycles. The zero-order valence-electron chi connectivity index (χ0n) is 18.6. The number of ether oxygens (including phenoxy) is 2. The summed E-state index contributed by atoms with van der Waals surface area (Å²) >= 11 is 0. The van der Waals surface area contributed by atoms with Crippen LogP contribution in [0.25, 0.3) is 0 Å². The fourth-order valence-corrected chi connectivity index (χ4v) is 4.03. The molecule has 2 aliphatic rings. The lowest BCUT2D eigenvalue weighted by molar-refractivity contribution is -0.134. The van der Waals surface area contributed by atoms with Gasteiger partial charge in [0.2, 0.25) is 5.91 Å². The molecule has 1 aromatic carbocycles. The summed E-state index contributed by atoms with van der Waals surface area (Å²) < 4.78 is 38.7. The molecule has 0 spiro atoms. The maximum atomic E-state index is 14.0. The summed E-state index contributed by atoms with van der Waals surface area (Å²) in [6, 6.07) is 5.01. The molecule has 35 heavy (non-hydrogen) atoms. The van der Waals surface area contributed by atoms with Gasteiger partial charge in [0.1, 0.15) is 17.6 Å². The molecule has 0 bridgehead atoms. The summed E-state index contributed by atoms with van der Waals surface area (Å²) in [7, 11) is 0. The number of carboxylic acid groups (broad SMARTS) is 1. The van der Waals surface area contributed by atoms with Gasteiger partial charge in [-0.1, -0.05) is 6.07 Å². The van der Waals surface area contributed by atoms with E-state index in [0.29, 0.717) is 32.5 Å². The Labute approximate surface area is 199 Å². The number of hydrogen-bond acceptors (Lipinski definition) is 6. The van der Waals surface area contributed by atoms with Crippen LogP contribution in [0, 0.1) is 17.6 Å². The van der Waals surface area contributed by atoms with E-state index >= 15 is 0 Å². The van der Waals surface area contributed by atoms with Crippen LogP contribution in [0.1, 0.15) is 29.6 Å². The second-order valence-electron chi connectivity index (χ2n) is 8.26. The Balaban J connectivity index is 1.51. The van der Waals surface area contributed by atoms with Gasteiger partial charge in [0.15, 0.2) is 17.4 Å². The number of carbonyl (C=O) groups is 3. The minimum atomic E-state index is -1.15. The van der Waals surface area contributed by atoms with Crippen molar-refractivity contribution in [2.24, 2.45) is 5.92 Å². The van der Waals surface area contributed by atoms with Crippen LogP contribution >= 0.6 is 0 Å². The van der Waals surface area contributed by atoms with Crippen molar-refractivity contribution in [2.45, 2.75) is 25.3 Å². The van der Waals surface area contributed by atoms with Crippen molar-refractivity contribution in [2.75, 3.05) is 25.1 Å². The highest BCUT2D eigenvalue weighted by molar-refractivity contribution is 6.00. The molecule has 3 heterocycles. The van der Waals surface area contributed by atoms with Gasteiger partial charge in [-0.2, -0.15) is 0 Å². The van der Waals surface area contributed by atoms with E-state index in [9.17, 15) is 23.2 Å². The van der Waals surface area contributed by atoms with Crippen LogP contribution in [-0.4, -0.2) is 58.6 Å². The Kier molecular flexibility index (Phi) is 7.35. The topological polar surface area (TPSA) is 118 Å². The predicted octanol–water partition coefficient (Wildman–Crippen LogP) is 2.99. The zero-order chi connectivity index (χ0) is 24.9. The number of nitrogens with one attached hydrogen (secondary N) is 1. The van der Waals surface area contributed by atoms with Gasteiger partial charge in [0, 0.05) is 25.5 Å². The number of amides is 2. The first-order chi connectivity index (χ1) is 16.8. The van der Waals surface area contributed by atoms with E-state index in [4.69, 9.17) is 14.6 Å². The Morgan fingerprint density at radius 3 is 2.54 bits per heavy atom. The summed E-state index contributed by atoms with van der Waals surface area (Å²) in [5, 5.41) is 11.6. The highest BCUT2D eigenvalue weighted by atomic mass is 19.1. The fraction of sp³-hybridized carbons (Fsp3) is 0.333. The molecule has 9 nitrogen and oxygen atoms in total. The van der Waals surface area contributed by atoms with E-state index in [2.05, 4.69) is 10.3 Å². The summed E-state index contributed by atoms with van der Waals surface area (Å²) in [5.74, 6) is -4.40. The van der Waals surface area contributed by atoms with Gasteiger partial charge >= 0.3 is 5.97 Å². The molecule has 11 heteroatoms. The van der Waals surface area contributed by atoms with Crippen LogP contribution in [-0.2, 0) is 14.3 Å². The van der Waals surface area contributed by atoms with Gasteiger partial charge in [-0.3, -0.25) is 9.59 Å². The van der Waals surface area contributed by atoms with E-state index in [-0.39, 0.29) is 29.6 Å². The monoisotopic (exact) mass is 487 g/mol. The molecule has 1 aromatic heterocycles. The average Bonchev–Trinajstić information content (AvgIpc) is 3.20. The van der Waals surface area contributed by atoms with Crippen LogP contribution in [0.3, 0.4) is 0 Å². The van der Waals surface area contributed by atoms with E-state index < -0.39 is 41.2 Å². The molecule has 1 fully saturated rings. The first kappa shape index (κ1) is 24.3. The lowest BCUT2D eigenvalue weighted by Crippen LogP contribution is -2.47. The summed E-state index contributed by atoms with van der Waals surface area (Å²) in [6.45, 7) is 0.938. The smallest absolute Gasteiger partial charge is 0.337 e. The normalized spacial score (nSPS) is 17.1. The first-order valence-electron chi connectivity index (χ1n) is 11.0. The minimum Gasteiger partial charge on any atom is -0.478 e. The SMILES string of the molecule is O=C(O)c1ccc(NC(=O)[C@H](CC2CCOCC2)N2CC(Oc3c(F)cccc3F)=CC2=O)nc1. The molecule has 2 amide bonds. The number of carboxylic acids is 1. The first-order valence-corrected chi connectivity index (χ1v) is 11.0. The van der Waals surface area contributed by atoms with Crippen LogP contribution in [0.15, 0.2) is 48.4 Å². The number of rotatable bonds is 8. The standard InChI is InChI=1S/C24H23F2N3O6/c25-17-2-1-3-18(26)22(17)35-16-11-21(30)29(13-16)19(10-14-6-8-34-9-7-14)23(31)28-20-5-4-15(12-27-20)24(32)33/h1-5,11-12,14,19H,6-10,13H2,(H,32,33)(H,27,28,31)/t19-/m0/s1. The lowest BCUT2D eigenvalue weighted by atomic mass is 9.91. The average molecular weight is 487 g/mol. The quantitative estimate of drug-likeness (QED) is 0.588. The highest BCUT2D eigenvalue weighted by Gasteiger charge is 2.36. The lowest BCUT2D eigenvalue weighted by Gasteiger charge is -2.31. The number of aromatic nitrogens is 1. The minimum absolute atomic E-state index is 0.00714. The second kappa shape index (κ2) is 10.6. The van der Waals surface area contributed by atoms with Crippen LogP contribution in [0.2, 0.25) is 0 Å². The van der Waals surface area contributed by atoms with Crippen molar-refractivity contribution in [3.05, 3.63) is 65.6 Å². The van der Waals surface area contributed by atoms with Crippen LogP contribution in [0.5, 0.6) is 5.75 Å². The molecule has 1 atom stereocenters. The van der Waals surface area contributed by atoms with Crippen molar-refractivity contribution in [3.63, 3.8) is 0 Å². The van der Waals surface area contributed by atoms with Crippen LogP contribution < -0.4 is 10.1 Å². The molecule has 2 N–H and O–H groups in total. The van der Waals surface area contributed by atoms with Crippen molar-refractivity contribution in [1.29, 1.82) is 0 Å². The third kappa shape index (κ3) is 5.80. The van der Waals surface area contributed by atoms with Crippen molar-refractivity contribution >= 4 is 23.6 Å².